The monoisotopic (exact) mass is 298 g/mol. The lowest BCUT2D eigenvalue weighted by atomic mass is 10.0. The molecule has 0 amide bonds. The minimum atomic E-state index is -0.949. The minimum Gasteiger partial charge on any atom is -0.446 e. The van der Waals surface area contributed by atoms with E-state index >= 15 is 0 Å². The third-order valence-electron chi connectivity index (χ3n) is 3.05. The second kappa shape index (κ2) is 3.96. The smallest absolute Gasteiger partial charge is 0.259 e. The molecule has 17 heavy (non-hydrogen) atoms. The van der Waals surface area contributed by atoms with E-state index in [1.54, 1.807) is 12.1 Å². The number of hydrogen-bond acceptors (Lipinski definition) is 5. The SMILES string of the molecule is OC1(c2nc(-c3ccc(Br)o3)no2)CCCC1. The maximum atomic E-state index is 10.3. The Kier molecular flexibility index (Phi) is 2.56. The number of halogens is 1. The zero-order chi connectivity index (χ0) is 11.9. The van der Waals surface area contributed by atoms with Gasteiger partial charge in [-0.15, -0.1) is 0 Å². The van der Waals surface area contributed by atoms with E-state index in [9.17, 15) is 5.11 Å². The molecular formula is C11H11BrN2O3. The van der Waals surface area contributed by atoms with Crippen LogP contribution >= 0.6 is 15.9 Å². The summed E-state index contributed by atoms with van der Waals surface area (Å²) in [5, 5.41) is 14.1. The van der Waals surface area contributed by atoms with Crippen molar-refractivity contribution < 1.29 is 14.0 Å². The molecule has 1 aliphatic carbocycles. The molecule has 90 valence electrons. The van der Waals surface area contributed by atoms with Gasteiger partial charge in [0.15, 0.2) is 10.4 Å². The van der Waals surface area contributed by atoms with E-state index in [2.05, 4.69) is 26.1 Å². The lowest BCUT2D eigenvalue weighted by Gasteiger charge is -2.15. The van der Waals surface area contributed by atoms with E-state index in [0.29, 0.717) is 29.1 Å². The van der Waals surface area contributed by atoms with Gasteiger partial charge in [-0.1, -0.05) is 5.16 Å². The van der Waals surface area contributed by atoms with Crippen molar-refractivity contribution in [3.8, 4) is 11.6 Å². The Bertz CT molecular complexity index is 528. The fourth-order valence-corrected chi connectivity index (χ4v) is 2.43. The Hall–Kier alpha value is -1.14. The molecule has 1 N–H and O–H groups in total. The van der Waals surface area contributed by atoms with Gasteiger partial charge in [-0.05, 0) is 53.7 Å². The summed E-state index contributed by atoms with van der Waals surface area (Å²) in [6, 6.07) is 3.51. The highest BCUT2D eigenvalue weighted by atomic mass is 79.9. The maximum Gasteiger partial charge on any atom is 0.259 e. The molecule has 0 bridgehead atoms. The first kappa shape index (κ1) is 11.0. The minimum absolute atomic E-state index is 0.289. The van der Waals surface area contributed by atoms with Crippen LogP contribution in [0, 0.1) is 0 Å². The number of rotatable bonds is 2. The zero-order valence-corrected chi connectivity index (χ0v) is 10.6. The van der Waals surface area contributed by atoms with Crippen molar-refractivity contribution in [3.05, 3.63) is 22.7 Å². The predicted molar refractivity (Wildman–Crippen MR) is 62.1 cm³/mol. The summed E-state index contributed by atoms with van der Waals surface area (Å²) in [7, 11) is 0. The third-order valence-corrected chi connectivity index (χ3v) is 3.47. The van der Waals surface area contributed by atoms with Gasteiger partial charge < -0.3 is 14.0 Å². The van der Waals surface area contributed by atoms with Crippen LogP contribution in [0.5, 0.6) is 0 Å². The van der Waals surface area contributed by atoms with Gasteiger partial charge in [0, 0.05) is 0 Å². The summed E-state index contributed by atoms with van der Waals surface area (Å²) in [6.07, 6.45) is 3.33. The number of aliphatic hydroxyl groups is 1. The molecule has 0 radical (unpaired) electrons. The molecule has 0 unspecified atom stereocenters. The normalized spacial score (nSPS) is 18.7. The van der Waals surface area contributed by atoms with Crippen molar-refractivity contribution in [1.82, 2.24) is 10.1 Å². The molecule has 0 spiro atoms. The number of nitrogens with zero attached hydrogens (tertiary/aromatic N) is 2. The van der Waals surface area contributed by atoms with Crippen LogP contribution in [0.1, 0.15) is 31.6 Å². The molecule has 0 saturated heterocycles. The van der Waals surface area contributed by atoms with Crippen LogP contribution in [0.15, 0.2) is 25.7 Å². The summed E-state index contributed by atoms with van der Waals surface area (Å²) in [6.45, 7) is 0. The highest BCUT2D eigenvalue weighted by molar-refractivity contribution is 9.10. The summed E-state index contributed by atoms with van der Waals surface area (Å²) in [5.41, 5.74) is -0.949. The Morgan fingerprint density at radius 2 is 2.06 bits per heavy atom. The van der Waals surface area contributed by atoms with Gasteiger partial charge in [-0.2, -0.15) is 4.98 Å². The topological polar surface area (TPSA) is 72.3 Å². The summed E-state index contributed by atoms with van der Waals surface area (Å²) in [5.74, 6) is 1.18. The van der Waals surface area contributed by atoms with E-state index in [0.717, 1.165) is 12.8 Å². The van der Waals surface area contributed by atoms with E-state index in [4.69, 9.17) is 8.94 Å². The lowest BCUT2D eigenvalue weighted by Crippen LogP contribution is -2.21. The van der Waals surface area contributed by atoms with E-state index in [-0.39, 0.29) is 5.89 Å². The van der Waals surface area contributed by atoms with E-state index < -0.39 is 5.60 Å². The Labute approximate surface area is 106 Å². The molecule has 1 aliphatic rings. The summed E-state index contributed by atoms with van der Waals surface area (Å²) < 4.78 is 11.1. The largest absolute Gasteiger partial charge is 0.446 e. The number of hydrogen-bond donors (Lipinski definition) is 1. The van der Waals surface area contributed by atoms with Crippen molar-refractivity contribution in [1.29, 1.82) is 0 Å². The quantitative estimate of drug-likeness (QED) is 0.923. The lowest BCUT2D eigenvalue weighted by molar-refractivity contribution is 0.0112. The Morgan fingerprint density at radius 1 is 1.29 bits per heavy atom. The van der Waals surface area contributed by atoms with Gasteiger partial charge in [0.05, 0.1) is 0 Å². The average Bonchev–Trinajstić information content (AvgIpc) is 2.96. The van der Waals surface area contributed by atoms with Gasteiger partial charge in [-0.25, -0.2) is 0 Å². The van der Waals surface area contributed by atoms with Crippen LogP contribution in [0.2, 0.25) is 0 Å². The fourth-order valence-electron chi connectivity index (χ4n) is 2.12. The number of furan rings is 1. The molecule has 0 atom stereocenters. The van der Waals surface area contributed by atoms with Gasteiger partial charge in [0.2, 0.25) is 5.82 Å². The first-order valence-electron chi connectivity index (χ1n) is 5.50. The van der Waals surface area contributed by atoms with Crippen LogP contribution < -0.4 is 0 Å². The van der Waals surface area contributed by atoms with Crippen molar-refractivity contribution in [3.63, 3.8) is 0 Å². The highest BCUT2D eigenvalue weighted by Crippen LogP contribution is 2.38. The van der Waals surface area contributed by atoms with Crippen LogP contribution in [-0.2, 0) is 5.60 Å². The van der Waals surface area contributed by atoms with Crippen molar-refractivity contribution >= 4 is 15.9 Å². The number of aromatic nitrogens is 2. The Balaban J connectivity index is 1.92. The first-order chi connectivity index (χ1) is 8.17. The molecule has 1 saturated carbocycles. The predicted octanol–water partition coefficient (Wildman–Crippen LogP) is 2.85. The molecule has 1 fully saturated rings. The van der Waals surface area contributed by atoms with Gasteiger partial charge >= 0.3 is 0 Å². The molecule has 2 aromatic heterocycles. The standard InChI is InChI=1S/C11H11BrN2O3/c12-8-4-3-7(16-8)9-13-10(17-14-9)11(15)5-1-2-6-11/h3-4,15H,1-2,5-6H2. The second-order valence-electron chi connectivity index (χ2n) is 4.27. The molecule has 5 nitrogen and oxygen atoms in total. The zero-order valence-electron chi connectivity index (χ0n) is 9.02. The van der Waals surface area contributed by atoms with Gasteiger partial charge in [0.25, 0.3) is 5.89 Å². The van der Waals surface area contributed by atoms with Gasteiger partial charge in [0.1, 0.15) is 5.60 Å². The average molecular weight is 299 g/mol. The van der Waals surface area contributed by atoms with Crippen LogP contribution in [0.3, 0.4) is 0 Å². The molecule has 2 aromatic rings. The Morgan fingerprint density at radius 3 is 2.71 bits per heavy atom. The fraction of sp³-hybridized carbons (Fsp3) is 0.455. The van der Waals surface area contributed by atoms with Crippen molar-refractivity contribution in [2.75, 3.05) is 0 Å². The molecule has 0 aromatic carbocycles. The third kappa shape index (κ3) is 1.91. The van der Waals surface area contributed by atoms with Crippen molar-refractivity contribution in [2.24, 2.45) is 0 Å². The van der Waals surface area contributed by atoms with E-state index in [1.807, 2.05) is 0 Å². The van der Waals surface area contributed by atoms with Crippen LogP contribution in [0.25, 0.3) is 11.6 Å². The molecule has 6 heteroatoms. The molecular weight excluding hydrogens is 288 g/mol. The van der Waals surface area contributed by atoms with Gasteiger partial charge in [-0.3, -0.25) is 0 Å². The molecule has 3 rings (SSSR count). The summed E-state index contributed by atoms with van der Waals surface area (Å²) in [4.78, 5) is 4.21. The highest BCUT2D eigenvalue weighted by Gasteiger charge is 2.38. The van der Waals surface area contributed by atoms with Crippen molar-refractivity contribution in [2.45, 2.75) is 31.3 Å². The second-order valence-corrected chi connectivity index (χ2v) is 5.05. The summed E-state index contributed by atoms with van der Waals surface area (Å²) >= 11 is 3.21. The van der Waals surface area contributed by atoms with Crippen LogP contribution in [-0.4, -0.2) is 15.2 Å². The van der Waals surface area contributed by atoms with E-state index in [1.165, 1.54) is 0 Å². The molecule has 0 aliphatic heterocycles. The van der Waals surface area contributed by atoms with Crippen LogP contribution in [0.4, 0.5) is 0 Å². The molecule has 2 heterocycles. The first-order valence-corrected chi connectivity index (χ1v) is 6.29. The maximum absolute atomic E-state index is 10.3.